The molecule has 0 aliphatic rings. The summed E-state index contributed by atoms with van der Waals surface area (Å²) in [6, 6.07) is 8.02. The lowest BCUT2D eigenvalue weighted by molar-refractivity contribution is 1.16. The van der Waals surface area contributed by atoms with Gasteiger partial charge >= 0.3 is 0 Å². The standard InChI is InChI=1S/C21H23N/c1-13-7-8-19(12-22)11-20(13)9-10-21-17(5)15(3)14(2)16(4)18(21)6/h7-11H,1-6H3/b10-9+. The molecule has 2 aromatic carbocycles. The van der Waals surface area contributed by atoms with Gasteiger partial charge in [-0.15, -0.1) is 0 Å². The highest BCUT2D eigenvalue weighted by Crippen LogP contribution is 2.27. The molecule has 0 N–H and O–H groups in total. The van der Waals surface area contributed by atoms with E-state index in [2.05, 4.69) is 59.8 Å². The van der Waals surface area contributed by atoms with E-state index in [4.69, 9.17) is 5.26 Å². The van der Waals surface area contributed by atoms with E-state index in [1.165, 1.54) is 38.9 Å². The van der Waals surface area contributed by atoms with Crippen molar-refractivity contribution < 1.29 is 0 Å². The predicted molar refractivity (Wildman–Crippen MR) is 94.9 cm³/mol. The quantitative estimate of drug-likeness (QED) is 0.662. The minimum atomic E-state index is 0.704. The van der Waals surface area contributed by atoms with Gasteiger partial charge in [0.1, 0.15) is 0 Å². The molecule has 1 nitrogen and oxygen atoms in total. The van der Waals surface area contributed by atoms with Crippen molar-refractivity contribution in [3.05, 3.63) is 68.3 Å². The largest absolute Gasteiger partial charge is 0.192 e. The van der Waals surface area contributed by atoms with E-state index in [-0.39, 0.29) is 0 Å². The average molecular weight is 289 g/mol. The van der Waals surface area contributed by atoms with Crippen molar-refractivity contribution in [1.82, 2.24) is 0 Å². The van der Waals surface area contributed by atoms with E-state index in [0.29, 0.717) is 5.56 Å². The lowest BCUT2D eigenvalue weighted by Crippen LogP contribution is -1.99. The van der Waals surface area contributed by atoms with Crippen molar-refractivity contribution in [3.63, 3.8) is 0 Å². The van der Waals surface area contributed by atoms with Gasteiger partial charge in [-0.1, -0.05) is 18.2 Å². The van der Waals surface area contributed by atoms with Crippen LogP contribution >= 0.6 is 0 Å². The van der Waals surface area contributed by atoms with Crippen LogP contribution in [0.5, 0.6) is 0 Å². The van der Waals surface area contributed by atoms with Crippen molar-refractivity contribution in [1.29, 1.82) is 5.26 Å². The molecule has 0 bridgehead atoms. The fourth-order valence-corrected chi connectivity index (χ4v) is 2.84. The highest BCUT2D eigenvalue weighted by molar-refractivity contribution is 5.76. The van der Waals surface area contributed by atoms with Gasteiger partial charge in [0.2, 0.25) is 0 Å². The van der Waals surface area contributed by atoms with Gasteiger partial charge in [-0.2, -0.15) is 5.26 Å². The Bertz CT molecular complexity index is 773. The third-order valence-corrected chi connectivity index (χ3v) is 4.90. The number of rotatable bonds is 2. The molecule has 2 aromatic rings. The third kappa shape index (κ3) is 2.83. The predicted octanol–water partition coefficient (Wildman–Crippen LogP) is 5.58. The van der Waals surface area contributed by atoms with Gasteiger partial charge in [-0.05, 0) is 98.2 Å². The van der Waals surface area contributed by atoms with Gasteiger partial charge < -0.3 is 0 Å². The summed E-state index contributed by atoms with van der Waals surface area (Å²) in [5.74, 6) is 0. The Morgan fingerprint density at radius 3 is 1.86 bits per heavy atom. The fourth-order valence-electron chi connectivity index (χ4n) is 2.84. The van der Waals surface area contributed by atoms with Crippen LogP contribution in [0.15, 0.2) is 18.2 Å². The zero-order chi connectivity index (χ0) is 16.4. The highest BCUT2D eigenvalue weighted by Gasteiger charge is 2.10. The SMILES string of the molecule is Cc1ccc(C#N)cc1/C=C/c1c(C)c(C)c(C)c(C)c1C. The van der Waals surface area contributed by atoms with Crippen molar-refractivity contribution in [3.8, 4) is 6.07 Å². The molecule has 0 heterocycles. The maximum absolute atomic E-state index is 9.06. The van der Waals surface area contributed by atoms with E-state index in [1.807, 2.05) is 18.2 Å². The molecular weight excluding hydrogens is 266 g/mol. The zero-order valence-corrected chi connectivity index (χ0v) is 14.3. The second-order valence-corrected chi connectivity index (χ2v) is 6.06. The molecule has 2 rings (SSSR count). The third-order valence-electron chi connectivity index (χ3n) is 4.90. The lowest BCUT2D eigenvalue weighted by atomic mass is 9.89. The Kier molecular flexibility index (Phi) is 4.52. The molecule has 0 fully saturated rings. The molecule has 0 aromatic heterocycles. The second kappa shape index (κ2) is 6.20. The maximum Gasteiger partial charge on any atom is 0.0991 e. The van der Waals surface area contributed by atoms with Gasteiger partial charge in [0, 0.05) is 0 Å². The Morgan fingerprint density at radius 1 is 0.773 bits per heavy atom. The van der Waals surface area contributed by atoms with Crippen molar-refractivity contribution in [2.75, 3.05) is 0 Å². The average Bonchev–Trinajstić information content (AvgIpc) is 2.52. The molecule has 112 valence electrons. The van der Waals surface area contributed by atoms with Crippen LogP contribution in [0.1, 0.15) is 50.1 Å². The summed E-state index contributed by atoms with van der Waals surface area (Å²) in [6.07, 6.45) is 4.31. The highest BCUT2D eigenvalue weighted by atomic mass is 14.2. The molecule has 1 heteroatoms. The number of nitriles is 1. The topological polar surface area (TPSA) is 23.8 Å². The Hall–Kier alpha value is -2.33. The summed E-state index contributed by atoms with van der Waals surface area (Å²) < 4.78 is 0. The number of nitrogens with zero attached hydrogens (tertiary/aromatic N) is 1. The fraction of sp³-hybridized carbons (Fsp3) is 0.286. The second-order valence-electron chi connectivity index (χ2n) is 6.06. The van der Waals surface area contributed by atoms with Gasteiger partial charge in [0.05, 0.1) is 11.6 Å². The van der Waals surface area contributed by atoms with E-state index in [9.17, 15) is 0 Å². The summed E-state index contributed by atoms with van der Waals surface area (Å²) in [7, 11) is 0. The molecule has 0 saturated carbocycles. The van der Waals surface area contributed by atoms with Gasteiger partial charge in [0.25, 0.3) is 0 Å². The summed E-state index contributed by atoms with van der Waals surface area (Å²) in [4.78, 5) is 0. The van der Waals surface area contributed by atoms with E-state index in [0.717, 1.165) is 5.56 Å². The van der Waals surface area contributed by atoms with Crippen LogP contribution in [-0.2, 0) is 0 Å². The monoisotopic (exact) mass is 289 g/mol. The first kappa shape index (κ1) is 16.0. The summed E-state index contributed by atoms with van der Waals surface area (Å²) in [5.41, 5.74) is 11.1. The first-order valence-corrected chi connectivity index (χ1v) is 7.62. The van der Waals surface area contributed by atoms with Crippen LogP contribution in [0.2, 0.25) is 0 Å². The summed E-state index contributed by atoms with van der Waals surface area (Å²) in [6.45, 7) is 13.0. The van der Waals surface area contributed by atoms with E-state index >= 15 is 0 Å². The van der Waals surface area contributed by atoms with E-state index in [1.54, 1.807) is 0 Å². The first-order valence-electron chi connectivity index (χ1n) is 7.62. The minimum absolute atomic E-state index is 0.704. The van der Waals surface area contributed by atoms with Crippen LogP contribution in [0.4, 0.5) is 0 Å². The molecule has 0 radical (unpaired) electrons. The Morgan fingerprint density at radius 2 is 1.32 bits per heavy atom. The number of hydrogen-bond donors (Lipinski definition) is 0. The van der Waals surface area contributed by atoms with Crippen molar-refractivity contribution in [2.24, 2.45) is 0 Å². The van der Waals surface area contributed by atoms with Crippen LogP contribution in [0, 0.1) is 52.9 Å². The summed E-state index contributed by atoms with van der Waals surface area (Å²) in [5, 5.41) is 9.06. The normalized spacial score (nSPS) is 11.0. The molecule has 0 unspecified atom stereocenters. The molecule has 0 aliphatic heterocycles. The maximum atomic E-state index is 9.06. The molecule has 0 amide bonds. The lowest BCUT2D eigenvalue weighted by Gasteiger charge is -2.16. The van der Waals surface area contributed by atoms with Crippen molar-refractivity contribution >= 4 is 12.2 Å². The Labute approximate surface area is 133 Å². The molecule has 22 heavy (non-hydrogen) atoms. The number of hydrogen-bond acceptors (Lipinski definition) is 1. The molecule has 0 spiro atoms. The van der Waals surface area contributed by atoms with Gasteiger partial charge in [0.15, 0.2) is 0 Å². The van der Waals surface area contributed by atoms with Gasteiger partial charge in [-0.3, -0.25) is 0 Å². The first-order chi connectivity index (χ1) is 10.4. The van der Waals surface area contributed by atoms with Crippen LogP contribution < -0.4 is 0 Å². The van der Waals surface area contributed by atoms with Gasteiger partial charge in [-0.25, -0.2) is 0 Å². The molecular formula is C21H23N. The van der Waals surface area contributed by atoms with Crippen molar-refractivity contribution in [2.45, 2.75) is 41.5 Å². The van der Waals surface area contributed by atoms with Crippen LogP contribution in [0.3, 0.4) is 0 Å². The molecule has 0 aliphatic carbocycles. The Balaban J connectivity index is 2.55. The number of benzene rings is 2. The smallest absolute Gasteiger partial charge is 0.0991 e. The van der Waals surface area contributed by atoms with E-state index < -0.39 is 0 Å². The van der Waals surface area contributed by atoms with Crippen LogP contribution in [-0.4, -0.2) is 0 Å². The molecule has 0 atom stereocenters. The van der Waals surface area contributed by atoms with Crippen LogP contribution in [0.25, 0.3) is 12.2 Å². The zero-order valence-electron chi connectivity index (χ0n) is 14.3. The summed E-state index contributed by atoms with van der Waals surface area (Å²) >= 11 is 0. The molecule has 0 saturated heterocycles. The minimum Gasteiger partial charge on any atom is -0.192 e. The number of aryl methyl sites for hydroxylation is 1.